The molecule has 2 aliphatic rings. The summed E-state index contributed by atoms with van der Waals surface area (Å²) in [7, 11) is 2.01. The fourth-order valence-electron chi connectivity index (χ4n) is 2.55. The average Bonchev–Trinajstić information content (AvgIpc) is 3.38. The number of hydrogen-bond acceptors (Lipinski definition) is 6. The molecular weight excluding hydrogens is 302 g/mol. The number of nitro benzene ring substituents is 1. The van der Waals surface area contributed by atoms with Gasteiger partial charge in [0.05, 0.1) is 11.0 Å². The van der Waals surface area contributed by atoms with E-state index in [2.05, 4.69) is 10.2 Å². The zero-order valence-corrected chi connectivity index (χ0v) is 12.9. The molecule has 1 aromatic carbocycles. The van der Waals surface area contributed by atoms with Gasteiger partial charge in [0.1, 0.15) is 18.8 Å². The van der Waals surface area contributed by atoms with Crippen molar-refractivity contribution in [3.05, 3.63) is 27.8 Å². The van der Waals surface area contributed by atoms with Crippen LogP contribution in [0.2, 0.25) is 0 Å². The van der Waals surface area contributed by atoms with Crippen molar-refractivity contribution in [2.75, 3.05) is 33.4 Å². The van der Waals surface area contributed by atoms with Crippen LogP contribution in [0.3, 0.4) is 0 Å². The molecule has 0 radical (unpaired) electrons. The van der Waals surface area contributed by atoms with E-state index in [1.165, 1.54) is 25.0 Å². The lowest BCUT2D eigenvalue weighted by atomic mass is 10.1. The largest absolute Gasteiger partial charge is 0.486 e. The molecule has 1 saturated carbocycles. The van der Waals surface area contributed by atoms with Gasteiger partial charge in [0.2, 0.25) is 0 Å². The maximum Gasteiger partial charge on any atom is 0.286 e. The normalized spacial score (nSPS) is 16.3. The number of amides is 1. The second-order valence-corrected chi connectivity index (χ2v) is 5.74. The fourth-order valence-corrected chi connectivity index (χ4v) is 2.55. The minimum Gasteiger partial charge on any atom is -0.486 e. The van der Waals surface area contributed by atoms with Crippen LogP contribution in [0.5, 0.6) is 11.5 Å². The van der Waals surface area contributed by atoms with Gasteiger partial charge in [-0.1, -0.05) is 0 Å². The van der Waals surface area contributed by atoms with Gasteiger partial charge in [-0.2, -0.15) is 0 Å². The number of carbonyl (C=O) groups excluding carboxylic acids is 1. The molecule has 1 aliphatic heterocycles. The van der Waals surface area contributed by atoms with E-state index >= 15 is 0 Å². The summed E-state index contributed by atoms with van der Waals surface area (Å²) in [6.45, 7) is 1.85. The van der Waals surface area contributed by atoms with Crippen LogP contribution < -0.4 is 14.8 Å². The van der Waals surface area contributed by atoms with Gasteiger partial charge < -0.3 is 19.7 Å². The molecule has 124 valence electrons. The molecule has 0 atom stereocenters. The topological polar surface area (TPSA) is 93.9 Å². The van der Waals surface area contributed by atoms with Crippen molar-refractivity contribution in [3.63, 3.8) is 0 Å². The molecule has 0 aromatic heterocycles. The Bertz CT molecular complexity index is 630. The summed E-state index contributed by atoms with van der Waals surface area (Å²) >= 11 is 0. The van der Waals surface area contributed by atoms with Crippen molar-refractivity contribution >= 4 is 11.6 Å². The Morgan fingerprint density at radius 2 is 2.00 bits per heavy atom. The smallest absolute Gasteiger partial charge is 0.286 e. The van der Waals surface area contributed by atoms with Crippen molar-refractivity contribution < 1.29 is 19.2 Å². The molecule has 0 bridgehead atoms. The van der Waals surface area contributed by atoms with Gasteiger partial charge in [-0.3, -0.25) is 14.9 Å². The molecule has 0 saturated heterocycles. The third kappa shape index (κ3) is 3.53. The van der Waals surface area contributed by atoms with Crippen molar-refractivity contribution in [2.45, 2.75) is 18.9 Å². The summed E-state index contributed by atoms with van der Waals surface area (Å²) in [5.41, 5.74) is -0.282. The Balaban J connectivity index is 1.71. The maximum absolute atomic E-state index is 12.3. The molecule has 8 heteroatoms. The Morgan fingerprint density at radius 3 is 2.61 bits per heavy atom. The number of likely N-dealkylation sites (N-methyl/N-ethyl adjacent to an activating group) is 1. The first kappa shape index (κ1) is 15.5. The van der Waals surface area contributed by atoms with E-state index in [0.717, 1.165) is 6.54 Å². The van der Waals surface area contributed by atoms with Crippen LogP contribution in [0.1, 0.15) is 23.2 Å². The zero-order valence-electron chi connectivity index (χ0n) is 12.9. The van der Waals surface area contributed by atoms with Gasteiger partial charge in [0, 0.05) is 25.2 Å². The highest BCUT2D eigenvalue weighted by Gasteiger charge is 2.27. The van der Waals surface area contributed by atoms with Crippen molar-refractivity contribution in [3.8, 4) is 11.5 Å². The second kappa shape index (κ2) is 6.41. The average molecular weight is 321 g/mol. The lowest BCUT2D eigenvalue weighted by molar-refractivity contribution is -0.385. The van der Waals surface area contributed by atoms with Crippen molar-refractivity contribution in [1.82, 2.24) is 10.2 Å². The number of benzene rings is 1. The molecule has 1 N–H and O–H groups in total. The van der Waals surface area contributed by atoms with Crippen LogP contribution in [-0.4, -0.2) is 55.1 Å². The first-order chi connectivity index (χ1) is 11.1. The number of nitrogens with zero attached hydrogens (tertiary/aromatic N) is 2. The highest BCUT2D eigenvalue weighted by molar-refractivity contribution is 5.99. The summed E-state index contributed by atoms with van der Waals surface area (Å²) in [6.07, 6.45) is 2.39. The predicted molar refractivity (Wildman–Crippen MR) is 82.1 cm³/mol. The first-order valence-electron chi connectivity index (χ1n) is 7.62. The molecule has 1 aromatic rings. The van der Waals surface area contributed by atoms with Gasteiger partial charge in [-0.15, -0.1) is 0 Å². The lowest BCUT2D eigenvalue weighted by Gasteiger charge is -2.19. The highest BCUT2D eigenvalue weighted by Crippen LogP contribution is 2.36. The molecule has 0 unspecified atom stereocenters. The summed E-state index contributed by atoms with van der Waals surface area (Å²) in [6, 6.07) is 3.24. The lowest BCUT2D eigenvalue weighted by Crippen LogP contribution is -2.34. The second-order valence-electron chi connectivity index (χ2n) is 5.74. The fraction of sp³-hybridized carbons (Fsp3) is 0.533. The summed E-state index contributed by atoms with van der Waals surface area (Å²) in [4.78, 5) is 25.1. The Kier molecular flexibility index (Phi) is 4.33. The summed E-state index contributed by atoms with van der Waals surface area (Å²) in [5.74, 6) is 0.188. The monoisotopic (exact) mass is 321 g/mol. The number of hydrogen-bond donors (Lipinski definition) is 1. The Labute approximate surface area is 133 Å². The molecule has 8 nitrogen and oxygen atoms in total. The molecule has 1 amide bonds. The van der Waals surface area contributed by atoms with E-state index in [4.69, 9.17) is 9.47 Å². The number of carbonyl (C=O) groups is 1. The number of fused-ring (bicyclic) bond motifs is 1. The van der Waals surface area contributed by atoms with Crippen LogP contribution in [0.25, 0.3) is 0 Å². The number of ether oxygens (including phenoxy) is 2. The van der Waals surface area contributed by atoms with E-state index in [-0.39, 0.29) is 11.3 Å². The zero-order chi connectivity index (χ0) is 16.4. The summed E-state index contributed by atoms with van der Waals surface area (Å²) in [5, 5.41) is 13.9. The Morgan fingerprint density at radius 1 is 1.35 bits per heavy atom. The van der Waals surface area contributed by atoms with Crippen molar-refractivity contribution in [1.29, 1.82) is 0 Å². The molecule has 23 heavy (non-hydrogen) atoms. The van der Waals surface area contributed by atoms with Crippen LogP contribution >= 0.6 is 0 Å². The molecule has 1 aliphatic carbocycles. The number of nitrogens with one attached hydrogen (secondary N) is 1. The highest BCUT2D eigenvalue weighted by atomic mass is 16.6. The van der Waals surface area contributed by atoms with E-state index in [1.54, 1.807) is 0 Å². The molecule has 1 fully saturated rings. The summed E-state index contributed by atoms with van der Waals surface area (Å²) < 4.78 is 10.7. The maximum atomic E-state index is 12.3. The third-order valence-corrected chi connectivity index (χ3v) is 4.02. The van der Waals surface area contributed by atoms with Crippen molar-refractivity contribution in [2.24, 2.45) is 0 Å². The Hall–Kier alpha value is -2.35. The number of rotatable bonds is 6. The minimum absolute atomic E-state index is 0.00618. The predicted octanol–water partition coefficient (Wildman–Crippen LogP) is 1.19. The van der Waals surface area contributed by atoms with E-state index in [0.29, 0.717) is 37.3 Å². The van der Waals surface area contributed by atoms with E-state index in [1.807, 2.05) is 7.05 Å². The first-order valence-corrected chi connectivity index (χ1v) is 7.62. The quantitative estimate of drug-likeness (QED) is 0.625. The minimum atomic E-state index is -0.580. The molecule has 3 rings (SSSR count). The van der Waals surface area contributed by atoms with E-state index in [9.17, 15) is 14.9 Å². The van der Waals surface area contributed by atoms with Gasteiger partial charge in [-0.05, 0) is 19.9 Å². The number of nitro groups is 1. The standard InChI is InChI=1S/C15H19N3O5/c1-17(10-2-3-10)5-4-16-15(19)11-8-13-14(23-7-6-22-13)9-12(11)18(20)21/h8-10H,2-7H2,1H3,(H,16,19). The van der Waals surface area contributed by atoms with Gasteiger partial charge >= 0.3 is 0 Å². The van der Waals surface area contributed by atoms with Crippen LogP contribution in [0.4, 0.5) is 5.69 Å². The van der Waals surface area contributed by atoms with Crippen LogP contribution in [0.15, 0.2) is 12.1 Å². The molecule has 1 heterocycles. The van der Waals surface area contributed by atoms with Gasteiger partial charge in [0.25, 0.3) is 11.6 Å². The molecule has 0 spiro atoms. The molecular formula is C15H19N3O5. The van der Waals surface area contributed by atoms with Gasteiger partial charge in [-0.25, -0.2) is 0 Å². The van der Waals surface area contributed by atoms with E-state index < -0.39 is 10.8 Å². The van der Waals surface area contributed by atoms with Gasteiger partial charge in [0.15, 0.2) is 11.5 Å². The van der Waals surface area contributed by atoms with Crippen LogP contribution in [0, 0.1) is 10.1 Å². The SMILES string of the molecule is CN(CCNC(=O)c1cc2c(cc1[N+](=O)[O-])OCCO2)C1CC1. The third-order valence-electron chi connectivity index (χ3n) is 4.02. The van der Waals surface area contributed by atoms with Crippen LogP contribution in [-0.2, 0) is 0 Å².